The van der Waals surface area contributed by atoms with Crippen molar-refractivity contribution >= 4 is 16.8 Å². The van der Waals surface area contributed by atoms with Crippen LogP contribution in [0.1, 0.15) is 37.1 Å². The van der Waals surface area contributed by atoms with Crippen molar-refractivity contribution in [1.29, 1.82) is 0 Å². The Kier molecular flexibility index (Phi) is 3.34. The van der Waals surface area contributed by atoms with Crippen LogP contribution in [0.15, 0.2) is 18.2 Å². The van der Waals surface area contributed by atoms with E-state index in [1.807, 2.05) is 18.2 Å². The normalized spacial score (nSPS) is 16.9. The van der Waals surface area contributed by atoms with Crippen LogP contribution >= 0.6 is 0 Å². The zero-order valence-corrected chi connectivity index (χ0v) is 11.1. The van der Waals surface area contributed by atoms with Crippen molar-refractivity contribution in [3.8, 4) is 0 Å². The third kappa shape index (κ3) is 2.68. The van der Waals surface area contributed by atoms with Crippen LogP contribution in [0.3, 0.4) is 0 Å². The van der Waals surface area contributed by atoms with Crippen LogP contribution in [0, 0.1) is 0 Å². The van der Waals surface area contributed by atoms with Gasteiger partial charge in [-0.2, -0.15) is 0 Å². The number of hydrogen-bond donors (Lipinski definition) is 1. The maximum absolute atomic E-state index is 11.2. The minimum Gasteiger partial charge on any atom is -0.381 e. The number of imidazole rings is 1. The van der Waals surface area contributed by atoms with Crippen molar-refractivity contribution in [1.82, 2.24) is 9.97 Å². The van der Waals surface area contributed by atoms with Gasteiger partial charge in [-0.05, 0) is 37.5 Å². The molecule has 1 aromatic heterocycles. The van der Waals surface area contributed by atoms with Gasteiger partial charge in [0, 0.05) is 25.6 Å². The molecule has 1 fully saturated rings. The van der Waals surface area contributed by atoms with Gasteiger partial charge in [0.1, 0.15) is 11.6 Å². The molecule has 2 aromatic rings. The van der Waals surface area contributed by atoms with Crippen molar-refractivity contribution < 1.29 is 9.53 Å². The van der Waals surface area contributed by atoms with Gasteiger partial charge in [0.05, 0.1) is 11.0 Å². The summed E-state index contributed by atoms with van der Waals surface area (Å²) in [4.78, 5) is 19.2. The summed E-state index contributed by atoms with van der Waals surface area (Å²) in [6.07, 6.45) is 2.54. The van der Waals surface area contributed by atoms with Crippen LogP contribution in [-0.2, 0) is 16.0 Å². The quantitative estimate of drug-likeness (QED) is 0.920. The van der Waals surface area contributed by atoms with E-state index in [2.05, 4.69) is 9.97 Å². The Labute approximate surface area is 112 Å². The molecule has 0 spiro atoms. The highest BCUT2D eigenvalue weighted by molar-refractivity contribution is 5.81. The molecule has 0 atom stereocenters. The molecule has 1 N–H and O–H groups in total. The van der Waals surface area contributed by atoms with E-state index in [-0.39, 0.29) is 5.78 Å². The van der Waals surface area contributed by atoms with Gasteiger partial charge in [-0.25, -0.2) is 4.98 Å². The largest absolute Gasteiger partial charge is 0.381 e. The molecule has 4 heteroatoms. The van der Waals surface area contributed by atoms with E-state index in [0.717, 1.165) is 48.5 Å². The molecule has 0 aliphatic carbocycles. The standard InChI is InChI=1S/C15H18N2O2/c1-10(18)8-11-2-3-13-14(9-11)17-15(16-13)12-4-6-19-7-5-12/h2-3,9,12H,4-8H2,1H3,(H,16,17). The first-order chi connectivity index (χ1) is 9.22. The molecular weight excluding hydrogens is 240 g/mol. The number of H-pyrrole nitrogens is 1. The van der Waals surface area contributed by atoms with Crippen LogP contribution in [0.5, 0.6) is 0 Å². The number of fused-ring (bicyclic) bond motifs is 1. The third-order valence-electron chi connectivity index (χ3n) is 3.63. The fraction of sp³-hybridized carbons (Fsp3) is 0.467. The summed E-state index contributed by atoms with van der Waals surface area (Å²) in [5.74, 6) is 1.71. The number of ether oxygens (including phenoxy) is 1. The first-order valence-electron chi connectivity index (χ1n) is 6.78. The van der Waals surface area contributed by atoms with E-state index in [0.29, 0.717) is 12.3 Å². The summed E-state index contributed by atoms with van der Waals surface area (Å²) in [5.41, 5.74) is 3.05. The van der Waals surface area contributed by atoms with Gasteiger partial charge in [0.15, 0.2) is 0 Å². The molecule has 0 unspecified atom stereocenters. The summed E-state index contributed by atoms with van der Waals surface area (Å²) in [7, 11) is 0. The van der Waals surface area contributed by atoms with Crippen molar-refractivity contribution in [2.75, 3.05) is 13.2 Å². The number of hydrogen-bond acceptors (Lipinski definition) is 3. The number of nitrogens with zero attached hydrogens (tertiary/aromatic N) is 1. The lowest BCUT2D eigenvalue weighted by molar-refractivity contribution is -0.116. The number of rotatable bonds is 3. The smallest absolute Gasteiger partial charge is 0.134 e. The minimum absolute atomic E-state index is 0.184. The van der Waals surface area contributed by atoms with E-state index in [1.54, 1.807) is 6.92 Å². The second kappa shape index (κ2) is 5.13. The molecular formula is C15H18N2O2. The Morgan fingerprint density at radius 1 is 1.42 bits per heavy atom. The molecule has 0 saturated carbocycles. The SMILES string of the molecule is CC(=O)Cc1ccc2nc(C3CCOCC3)[nH]c2c1. The summed E-state index contributed by atoms with van der Waals surface area (Å²) >= 11 is 0. The topological polar surface area (TPSA) is 55.0 Å². The lowest BCUT2D eigenvalue weighted by Crippen LogP contribution is -2.15. The molecule has 0 radical (unpaired) electrons. The average Bonchev–Trinajstić information content (AvgIpc) is 2.82. The predicted molar refractivity (Wildman–Crippen MR) is 73.3 cm³/mol. The average molecular weight is 258 g/mol. The van der Waals surface area contributed by atoms with Crippen LogP contribution < -0.4 is 0 Å². The number of ketones is 1. The van der Waals surface area contributed by atoms with Crippen molar-refractivity contribution in [3.05, 3.63) is 29.6 Å². The Morgan fingerprint density at radius 3 is 2.95 bits per heavy atom. The lowest BCUT2D eigenvalue weighted by atomic mass is 10.00. The Morgan fingerprint density at radius 2 is 2.21 bits per heavy atom. The number of benzene rings is 1. The fourth-order valence-corrected chi connectivity index (χ4v) is 2.64. The van der Waals surface area contributed by atoms with E-state index in [9.17, 15) is 4.79 Å². The van der Waals surface area contributed by atoms with E-state index in [4.69, 9.17) is 4.74 Å². The number of aromatic nitrogens is 2. The Hall–Kier alpha value is -1.68. The van der Waals surface area contributed by atoms with Crippen LogP contribution in [0.2, 0.25) is 0 Å². The lowest BCUT2D eigenvalue weighted by Gasteiger charge is -2.19. The molecule has 1 aliphatic rings. The van der Waals surface area contributed by atoms with Crippen molar-refractivity contribution in [2.24, 2.45) is 0 Å². The van der Waals surface area contributed by atoms with Crippen molar-refractivity contribution in [3.63, 3.8) is 0 Å². The summed E-state index contributed by atoms with van der Waals surface area (Å²) < 4.78 is 5.38. The number of aromatic amines is 1. The highest BCUT2D eigenvalue weighted by Gasteiger charge is 2.19. The number of nitrogens with one attached hydrogen (secondary N) is 1. The highest BCUT2D eigenvalue weighted by atomic mass is 16.5. The molecule has 0 bridgehead atoms. The monoisotopic (exact) mass is 258 g/mol. The number of carbonyl (C=O) groups is 1. The summed E-state index contributed by atoms with van der Waals surface area (Å²) in [6.45, 7) is 3.25. The Balaban J connectivity index is 1.89. The van der Waals surface area contributed by atoms with Crippen molar-refractivity contribution in [2.45, 2.75) is 32.1 Å². The van der Waals surface area contributed by atoms with Gasteiger partial charge in [0.25, 0.3) is 0 Å². The highest BCUT2D eigenvalue weighted by Crippen LogP contribution is 2.26. The summed E-state index contributed by atoms with van der Waals surface area (Å²) in [5, 5.41) is 0. The number of carbonyl (C=O) groups excluding carboxylic acids is 1. The maximum atomic E-state index is 11.2. The predicted octanol–water partition coefficient (Wildman–Crippen LogP) is 2.59. The zero-order chi connectivity index (χ0) is 13.2. The van der Waals surface area contributed by atoms with Gasteiger partial charge in [-0.15, -0.1) is 0 Å². The first-order valence-corrected chi connectivity index (χ1v) is 6.78. The second-order valence-corrected chi connectivity index (χ2v) is 5.24. The third-order valence-corrected chi connectivity index (χ3v) is 3.63. The molecule has 4 nitrogen and oxygen atoms in total. The van der Waals surface area contributed by atoms with Gasteiger partial charge >= 0.3 is 0 Å². The molecule has 2 heterocycles. The van der Waals surface area contributed by atoms with Crippen LogP contribution in [-0.4, -0.2) is 29.0 Å². The van der Waals surface area contributed by atoms with Gasteiger partial charge in [0.2, 0.25) is 0 Å². The Bertz CT molecular complexity index is 597. The molecule has 1 aromatic carbocycles. The molecule has 0 amide bonds. The minimum atomic E-state index is 0.184. The molecule has 19 heavy (non-hydrogen) atoms. The van der Waals surface area contributed by atoms with Crippen LogP contribution in [0.4, 0.5) is 0 Å². The van der Waals surface area contributed by atoms with E-state index >= 15 is 0 Å². The maximum Gasteiger partial charge on any atom is 0.134 e. The fourth-order valence-electron chi connectivity index (χ4n) is 2.64. The van der Waals surface area contributed by atoms with Gasteiger partial charge in [-0.1, -0.05) is 6.07 Å². The first kappa shape index (κ1) is 12.4. The second-order valence-electron chi connectivity index (χ2n) is 5.24. The van der Waals surface area contributed by atoms with Crippen LogP contribution in [0.25, 0.3) is 11.0 Å². The van der Waals surface area contributed by atoms with E-state index in [1.165, 1.54) is 0 Å². The van der Waals surface area contributed by atoms with Gasteiger partial charge < -0.3 is 9.72 Å². The molecule has 1 aliphatic heterocycles. The van der Waals surface area contributed by atoms with Gasteiger partial charge in [-0.3, -0.25) is 4.79 Å². The molecule has 100 valence electrons. The molecule has 3 rings (SSSR count). The molecule has 1 saturated heterocycles. The van der Waals surface area contributed by atoms with E-state index < -0.39 is 0 Å². The summed E-state index contributed by atoms with van der Waals surface area (Å²) in [6, 6.07) is 6.01. The number of Topliss-reactive ketones (excluding diaryl/α,β-unsaturated/α-hetero) is 1. The zero-order valence-electron chi connectivity index (χ0n) is 11.1.